The highest BCUT2D eigenvalue weighted by Gasteiger charge is 2.15. The maximum atomic E-state index is 13.1. The monoisotopic (exact) mass is 490 g/mol. The number of nitrogens with zero attached hydrogens (tertiary/aromatic N) is 1. The van der Waals surface area contributed by atoms with Crippen molar-refractivity contribution < 1.29 is 14.7 Å². The number of carbonyl (C=O) groups excluding carboxylic acids is 1. The zero-order valence-corrected chi connectivity index (χ0v) is 21.1. The number of hydrogen-bond acceptors (Lipinski definition) is 3. The number of unbranched alkanes of at least 4 members (excludes halogenated alkanes) is 4. The predicted molar refractivity (Wildman–Crippen MR) is 143 cm³/mol. The fraction of sp³-hybridized carbons (Fsp3) is 0.310. The summed E-state index contributed by atoms with van der Waals surface area (Å²) in [7, 11) is 0. The number of rotatable bonds is 13. The number of aliphatic carboxylic acids is 1. The molecule has 0 spiro atoms. The first-order valence-electron chi connectivity index (χ1n) is 12.2. The third-order valence-electron chi connectivity index (χ3n) is 5.65. The van der Waals surface area contributed by atoms with E-state index in [1.165, 1.54) is 19.3 Å². The lowest BCUT2D eigenvalue weighted by Gasteiger charge is -2.24. The van der Waals surface area contributed by atoms with Crippen LogP contribution in [0.5, 0.6) is 0 Å². The van der Waals surface area contributed by atoms with E-state index in [-0.39, 0.29) is 12.5 Å². The summed E-state index contributed by atoms with van der Waals surface area (Å²) in [6.45, 7) is 3.37. The van der Waals surface area contributed by atoms with Crippen molar-refractivity contribution in [1.29, 1.82) is 0 Å². The molecule has 0 unspecified atom stereocenters. The molecule has 0 aromatic heterocycles. The topological polar surface area (TPSA) is 69.6 Å². The molecule has 3 aromatic carbocycles. The number of carboxylic acid groups (broad SMARTS) is 1. The summed E-state index contributed by atoms with van der Waals surface area (Å²) in [5.41, 5.74) is 2.72. The molecule has 0 heterocycles. The van der Waals surface area contributed by atoms with Gasteiger partial charge >= 0.3 is 12.0 Å². The number of amides is 2. The Balaban J connectivity index is 1.66. The zero-order valence-electron chi connectivity index (χ0n) is 20.3. The van der Waals surface area contributed by atoms with Crippen molar-refractivity contribution in [2.45, 2.75) is 61.8 Å². The van der Waals surface area contributed by atoms with Crippen molar-refractivity contribution in [2.75, 3.05) is 11.4 Å². The van der Waals surface area contributed by atoms with Gasteiger partial charge < -0.3 is 10.4 Å². The number of anilines is 1. The predicted octanol–water partition coefficient (Wildman–Crippen LogP) is 7.15. The van der Waals surface area contributed by atoms with Gasteiger partial charge in [-0.2, -0.15) is 0 Å². The highest BCUT2D eigenvalue weighted by Crippen LogP contribution is 2.30. The molecule has 35 heavy (non-hydrogen) atoms. The van der Waals surface area contributed by atoms with E-state index in [0.717, 1.165) is 39.4 Å². The molecule has 2 N–H and O–H groups in total. The van der Waals surface area contributed by atoms with Crippen LogP contribution >= 0.6 is 11.8 Å². The Hall–Kier alpha value is -3.25. The molecule has 6 heteroatoms. The summed E-state index contributed by atoms with van der Waals surface area (Å²) in [5.74, 6) is -0.836. The van der Waals surface area contributed by atoms with Gasteiger partial charge in [-0.25, -0.2) is 4.79 Å². The van der Waals surface area contributed by atoms with E-state index in [0.29, 0.717) is 13.1 Å². The van der Waals surface area contributed by atoms with Gasteiger partial charge in [0.1, 0.15) is 0 Å². The van der Waals surface area contributed by atoms with Crippen LogP contribution in [0.1, 0.15) is 50.2 Å². The lowest BCUT2D eigenvalue weighted by atomic mass is 10.1. The second-order valence-corrected chi connectivity index (χ2v) is 9.67. The Kier molecular flexibility index (Phi) is 10.7. The van der Waals surface area contributed by atoms with Crippen LogP contribution in [0, 0.1) is 0 Å². The van der Waals surface area contributed by atoms with Crippen LogP contribution in [0.2, 0.25) is 0 Å². The zero-order chi connectivity index (χ0) is 24.9. The van der Waals surface area contributed by atoms with Gasteiger partial charge in [-0.05, 0) is 53.9 Å². The van der Waals surface area contributed by atoms with Crippen LogP contribution in [0.15, 0.2) is 88.7 Å². The molecule has 0 saturated carbocycles. The first-order chi connectivity index (χ1) is 17.0. The number of benzene rings is 3. The number of carboxylic acids is 1. The summed E-state index contributed by atoms with van der Waals surface area (Å²) >= 11 is 1.58. The van der Waals surface area contributed by atoms with Crippen LogP contribution in [0.25, 0.3) is 0 Å². The van der Waals surface area contributed by atoms with Crippen molar-refractivity contribution in [3.05, 3.63) is 90.0 Å². The Bertz CT molecular complexity index is 1070. The number of nitrogens with one attached hydrogen (secondary N) is 1. The average molecular weight is 491 g/mol. The molecule has 0 fully saturated rings. The first kappa shape index (κ1) is 26.4. The molecule has 0 aliphatic carbocycles. The van der Waals surface area contributed by atoms with Gasteiger partial charge in [0, 0.05) is 28.6 Å². The van der Waals surface area contributed by atoms with Crippen LogP contribution in [-0.4, -0.2) is 23.7 Å². The molecule has 3 rings (SSSR count). The highest BCUT2D eigenvalue weighted by molar-refractivity contribution is 7.99. The number of carbonyl (C=O) groups is 2. The average Bonchev–Trinajstić information content (AvgIpc) is 2.86. The quantitative estimate of drug-likeness (QED) is 0.250. The lowest BCUT2D eigenvalue weighted by molar-refractivity contribution is -0.136. The molecular formula is C29H34N2O3S. The van der Waals surface area contributed by atoms with Gasteiger partial charge in [-0.3, -0.25) is 9.69 Å². The van der Waals surface area contributed by atoms with Crippen LogP contribution in [0.3, 0.4) is 0 Å². The number of urea groups is 1. The van der Waals surface area contributed by atoms with Gasteiger partial charge in [0.25, 0.3) is 0 Å². The molecule has 0 aliphatic heterocycles. The Morgan fingerprint density at radius 1 is 0.829 bits per heavy atom. The summed E-state index contributed by atoms with van der Waals surface area (Å²) in [5, 5.41) is 12.1. The fourth-order valence-electron chi connectivity index (χ4n) is 3.81. The molecule has 0 aliphatic rings. The van der Waals surface area contributed by atoms with E-state index < -0.39 is 5.97 Å². The van der Waals surface area contributed by atoms with Crippen LogP contribution < -0.4 is 10.2 Å². The summed E-state index contributed by atoms with van der Waals surface area (Å²) in [6, 6.07) is 25.4. The second kappa shape index (κ2) is 14.2. The van der Waals surface area contributed by atoms with Crippen LogP contribution in [-0.2, 0) is 17.8 Å². The molecule has 3 aromatic rings. The van der Waals surface area contributed by atoms with Gasteiger partial charge in [0.2, 0.25) is 0 Å². The summed E-state index contributed by atoms with van der Waals surface area (Å²) in [4.78, 5) is 28.0. The smallest absolute Gasteiger partial charge is 0.322 e. The van der Waals surface area contributed by atoms with Gasteiger partial charge in [0.05, 0.1) is 6.42 Å². The second-order valence-electron chi connectivity index (χ2n) is 8.52. The van der Waals surface area contributed by atoms with Crippen LogP contribution in [0.4, 0.5) is 10.5 Å². The van der Waals surface area contributed by atoms with E-state index in [4.69, 9.17) is 5.11 Å². The molecule has 2 amide bonds. The maximum absolute atomic E-state index is 13.1. The molecule has 0 bridgehead atoms. The standard InChI is InChI=1S/C29H34N2O3S/c1-2-3-4-5-9-19-31(29(34)30-22-23-11-7-6-8-12-23)25-15-17-26(18-16-25)35-27-14-10-13-24(20-27)21-28(32)33/h6-8,10-18,20H,2-5,9,19,21-22H2,1H3,(H,30,34)(H,32,33). The summed E-state index contributed by atoms with van der Waals surface area (Å²) < 4.78 is 0. The van der Waals surface area contributed by atoms with E-state index >= 15 is 0 Å². The minimum atomic E-state index is -0.836. The largest absolute Gasteiger partial charge is 0.481 e. The van der Waals surface area contributed by atoms with Gasteiger partial charge in [0.15, 0.2) is 0 Å². The van der Waals surface area contributed by atoms with Crippen molar-refractivity contribution in [3.8, 4) is 0 Å². The van der Waals surface area contributed by atoms with E-state index in [1.807, 2.05) is 83.8 Å². The van der Waals surface area contributed by atoms with E-state index in [1.54, 1.807) is 11.8 Å². The molecule has 184 valence electrons. The van der Waals surface area contributed by atoms with Gasteiger partial charge in [-0.15, -0.1) is 0 Å². The van der Waals surface area contributed by atoms with Crippen molar-refractivity contribution in [1.82, 2.24) is 5.32 Å². The SMILES string of the molecule is CCCCCCCN(C(=O)NCc1ccccc1)c1ccc(Sc2cccc(CC(=O)O)c2)cc1. The molecular weight excluding hydrogens is 456 g/mol. The van der Waals surface area contributed by atoms with E-state index in [2.05, 4.69) is 12.2 Å². The third kappa shape index (κ3) is 9.13. The summed E-state index contributed by atoms with van der Waals surface area (Å²) in [6.07, 6.45) is 5.69. The fourth-order valence-corrected chi connectivity index (χ4v) is 4.72. The minimum Gasteiger partial charge on any atom is -0.481 e. The van der Waals surface area contributed by atoms with Crippen molar-refractivity contribution in [2.24, 2.45) is 0 Å². The molecule has 0 saturated heterocycles. The van der Waals surface area contributed by atoms with E-state index in [9.17, 15) is 9.59 Å². The Morgan fingerprint density at radius 2 is 1.54 bits per heavy atom. The Labute approximate surface area is 212 Å². The molecule has 5 nitrogen and oxygen atoms in total. The van der Waals surface area contributed by atoms with Gasteiger partial charge in [-0.1, -0.05) is 86.8 Å². The maximum Gasteiger partial charge on any atom is 0.322 e. The Morgan fingerprint density at radius 3 is 2.26 bits per heavy atom. The highest BCUT2D eigenvalue weighted by atomic mass is 32.2. The third-order valence-corrected chi connectivity index (χ3v) is 6.65. The minimum absolute atomic E-state index is 0.0125. The van der Waals surface area contributed by atoms with Crippen molar-refractivity contribution in [3.63, 3.8) is 0 Å². The lowest BCUT2D eigenvalue weighted by Crippen LogP contribution is -2.40. The first-order valence-corrected chi connectivity index (χ1v) is 13.0. The molecule has 0 atom stereocenters. The number of hydrogen-bond donors (Lipinski definition) is 2. The normalized spacial score (nSPS) is 10.7. The van der Waals surface area contributed by atoms with Crippen molar-refractivity contribution >= 4 is 29.4 Å². The molecule has 0 radical (unpaired) electrons.